The number of thiophene rings is 1. The second kappa shape index (κ2) is 9.21. The van der Waals surface area contributed by atoms with Crippen molar-refractivity contribution in [3.8, 4) is 33.2 Å². The van der Waals surface area contributed by atoms with E-state index in [4.69, 9.17) is 9.97 Å². The summed E-state index contributed by atoms with van der Waals surface area (Å²) >= 11 is 1.43. The molecule has 0 fully saturated rings. The minimum Gasteiger partial charge on any atom is -0.324 e. The SMILES string of the molecule is CC(=O)c1ccc(-c2ccnc3[nH]c(-c4n[nH]c5ccc(-c6cncc(NC(=O)C(C)(C)C)c6)nc45)nc23)s1. The summed E-state index contributed by atoms with van der Waals surface area (Å²) in [5, 5.41) is 10.4. The highest BCUT2D eigenvalue weighted by molar-refractivity contribution is 7.17. The fraction of sp³-hybridized carbons (Fsp3) is 0.179. The lowest BCUT2D eigenvalue weighted by molar-refractivity contribution is -0.123. The minimum absolute atomic E-state index is 0.0291. The van der Waals surface area contributed by atoms with E-state index in [1.807, 2.05) is 57.2 Å². The van der Waals surface area contributed by atoms with Gasteiger partial charge in [0.25, 0.3) is 0 Å². The van der Waals surface area contributed by atoms with Gasteiger partial charge in [0.05, 0.1) is 28.0 Å². The predicted octanol–water partition coefficient (Wildman–Crippen LogP) is 5.87. The Morgan fingerprint density at radius 3 is 2.62 bits per heavy atom. The molecule has 6 rings (SSSR count). The summed E-state index contributed by atoms with van der Waals surface area (Å²) in [6, 6.07) is 11.3. The summed E-state index contributed by atoms with van der Waals surface area (Å²) in [7, 11) is 0. The van der Waals surface area contributed by atoms with Crippen LogP contribution in [0.1, 0.15) is 37.4 Å². The normalized spacial score (nSPS) is 11.8. The number of anilines is 1. The van der Waals surface area contributed by atoms with Crippen LogP contribution in [0.2, 0.25) is 0 Å². The average Bonchev–Trinajstić information content (AvgIpc) is 3.65. The Bertz CT molecular complexity index is 1890. The first-order valence-corrected chi connectivity index (χ1v) is 13.1. The molecule has 0 saturated carbocycles. The van der Waals surface area contributed by atoms with Crippen molar-refractivity contribution >= 4 is 50.9 Å². The van der Waals surface area contributed by atoms with E-state index in [2.05, 4.69) is 30.5 Å². The van der Waals surface area contributed by atoms with Crippen LogP contribution in [0.4, 0.5) is 5.69 Å². The van der Waals surface area contributed by atoms with E-state index in [1.165, 1.54) is 11.3 Å². The summed E-state index contributed by atoms with van der Waals surface area (Å²) in [6.45, 7) is 7.13. The lowest BCUT2D eigenvalue weighted by Gasteiger charge is -2.17. The van der Waals surface area contributed by atoms with E-state index < -0.39 is 5.41 Å². The number of H-pyrrole nitrogens is 2. The number of amides is 1. The largest absolute Gasteiger partial charge is 0.324 e. The maximum Gasteiger partial charge on any atom is 0.229 e. The molecule has 6 aromatic rings. The molecule has 6 aromatic heterocycles. The highest BCUT2D eigenvalue weighted by Gasteiger charge is 2.22. The first-order valence-electron chi connectivity index (χ1n) is 12.3. The van der Waals surface area contributed by atoms with Gasteiger partial charge in [0, 0.05) is 33.8 Å². The Kier molecular flexibility index (Phi) is 5.80. The molecular formula is C28H24N8O2S. The summed E-state index contributed by atoms with van der Waals surface area (Å²) < 4.78 is 0. The molecule has 0 spiro atoms. The third kappa shape index (κ3) is 4.57. The van der Waals surface area contributed by atoms with Gasteiger partial charge in [-0.25, -0.2) is 15.0 Å². The molecule has 0 aliphatic rings. The molecule has 6 heterocycles. The number of imidazole rings is 1. The number of nitrogens with one attached hydrogen (secondary N) is 3. The Morgan fingerprint density at radius 1 is 1.00 bits per heavy atom. The monoisotopic (exact) mass is 536 g/mol. The van der Waals surface area contributed by atoms with Gasteiger partial charge in [-0.1, -0.05) is 20.8 Å². The van der Waals surface area contributed by atoms with Crippen molar-refractivity contribution in [2.75, 3.05) is 5.32 Å². The van der Waals surface area contributed by atoms with E-state index >= 15 is 0 Å². The van der Waals surface area contributed by atoms with E-state index in [9.17, 15) is 9.59 Å². The number of fused-ring (bicyclic) bond motifs is 2. The maximum atomic E-state index is 12.4. The molecule has 0 aromatic carbocycles. The number of aromatic nitrogens is 7. The fourth-order valence-corrected chi connectivity index (χ4v) is 5.01. The molecule has 0 bridgehead atoms. The Morgan fingerprint density at radius 2 is 1.85 bits per heavy atom. The summed E-state index contributed by atoms with van der Waals surface area (Å²) in [5.74, 6) is 0.454. The molecule has 10 nitrogen and oxygen atoms in total. The van der Waals surface area contributed by atoms with Crippen molar-refractivity contribution < 1.29 is 9.59 Å². The number of rotatable bonds is 5. The van der Waals surface area contributed by atoms with Crippen LogP contribution in [-0.2, 0) is 4.79 Å². The summed E-state index contributed by atoms with van der Waals surface area (Å²) in [5.41, 5.74) is 5.60. The summed E-state index contributed by atoms with van der Waals surface area (Å²) in [6.07, 6.45) is 5.03. The van der Waals surface area contributed by atoms with Crippen LogP contribution in [0, 0.1) is 5.41 Å². The van der Waals surface area contributed by atoms with Crippen LogP contribution in [-0.4, -0.2) is 46.8 Å². The topological polar surface area (TPSA) is 142 Å². The molecule has 1 amide bonds. The zero-order valence-corrected chi connectivity index (χ0v) is 22.5. The number of carbonyl (C=O) groups excluding carboxylic acids is 2. The minimum atomic E-state index is -0.528. The van der Waals surface area contributed by atoms with Crippen molar-refractivity contribution in [1.29, 1.82) is 0 Å². The van der Waals surface area contributed by atoms with E-state index in [0.717, 1.165) is 21.5 Å². The fourth-order valence-electron chi connectivity index (χ4n) is 4.09. The van der Waals surface area contributed by atoms with Gasteiger partial charge in [-0.2, -0.15) is 5.10 Å². The van der Waals surface area contributed by atoms with Gasteiger partial charge in [-0.15, -0.1) is 11.3 Å². The highest BCUT2D eigenvalue weighted by Crippen LogP contribution is 2.34. The van der Waals surface area contributed by atoms with Gasteiger partial charge in [-0.05, 0) is 43.3 Å². The third-order valence-corrected chi connectivity index (χ3v) is 7.43. The zero-order chi connectivity index (χ0) is 27.3. The molecule has 194 valence electrons. The molecule has 3 N–H and O–H groups in total. The number of hydrogen-bond donors (Lipinski definition) is 3. The number of Topliss-reactive ketones (excluding diaryl/α,β-unsaturated/α-hetero) is 1. The van der Waals surface area contributed by atoms with Gasteiger partial charge in [0.2, 0.25) is 5.91 Å². The first kappa shape index (κ1) is 24.6. The predicted molar refractivity (Wildman–Crippen MR) is 151 cm³/mol. The molecule has 0 unspecified atom stereocenters. The van der Waals surface area contributed by atoms with Gasteiger partial charge in [-0.3, -0.25) is 19.7 Å². The molecular weight excluding hydrogens is 512 g/mol. The Labute approximate surface area is 227 Å². The number of hydrogen-bond acceptors (Lipinski definition) is 8. The molecule has 39 heavy (non-hydrogen) atoms. The van der Waals surface area contributed by atoms with Gasteiger partial charge in [0.15, 0.2) is 22.9 Å². The molecule has 11 heteroatoms. The summed E-state index contributed by atoms with van der Waals surface area (Å²) in [4.78, 5) is 47.6. The van der Waals surface area contributed by atoms with Crippen LogP contribution in [0.5, 0.6) is 0 Å². The van der Waals surface area contributed by atoms with E-state index in [-0.39, 0.29) is 11.7 Å². The molecule has 0 atom stereocenters. The van der Waals surface area contributed by atoms with Crippen molar-refractivity contribution in [3.63, 3.8) is 0 Å². The number of ketones is 1. The number of pyridine rings is 3. The molecule has 0 aliphatic carbocycles. The van der Waals surface area contributed by atoms with E-state index in [1.54, 1.807) is 25.5 Å². The Hall–Kier alpha value is -4.77. The van der Waals surface area contributed by atoms with Gasteiger partial charge < -0.3 is 10.3 Å². The first-order chi connectivity index (χ1) is 18.7. The van der Waals surface area contributed by atoms with E-state index in [0.29, 0.717) is 44.5 Å². The number of aromatic amines is 2. The zero-order valence-electron chi connectivity index (χ0n) is 21.7. The molecule has 0 aliphatic heterocycles. The van der Waals surface area contributed by atoms with Crippen molar-refractivity contribution in [2.45, 2.75) is 27.7 Å². The standard InChI is InChI=1S/C28H24N8O2S/c1-14(37)20-7-8-21(39-20)17-9-10-30-25-22(17)33-26(34-25)24-23-19(35-36-24)6-5-18(32-23)15-11-16(13-29-12-15)31-27(38)28(2,3)4/h5-13H,1-4H3,(H,31,38)(H,35,36)(H,30,33,34). The van der Waals surface area contributed by atoms with Crippen molar-refractivity contribution in [1.82, 2.24) is 35.1 Å². The highest BCUT2D eigenvalue weighted by atomic mass is 32.1. The van der Waals surface area contributed by atoms with Gasteiger partial charge >= 0.3 is 0 Å². The van der Waals surface area contributed by atoms with Gasteiger partial charge in [0.1, 0.15) is 11.0 Å². The van der Waals surface area contributed by atoms with Crippen LogP contribution in [0.25, 0.3) is 55.4 Å². The van der Waals surface area contributed by atoms with Crippen molar-refractivity contribution in [3.05, 3.63) is 59.9 Å². The molecule has 0 saturated heterocycles. The number of carbonyl (C=O) groups is 2. The second-order valence-corrected chi connectivity index (χ2v) is 11.3. The Balaban J connectivity index is 1.39. The van der Waals surface area contributed by atoms with Crippen molar-refractivity contribution in [2.24, 2.45) is 5.41 Å². The maximum absolute atomic E-state index is 12.4. The second-order valence-electron chi connectivity index (χ2n) is 10.2. The number of nitrogens with zero attached hydrogens (tertiary/aromatic N) is 5. The lowest BCUT2D eigenvalue weighted by atomic mass is 9.95. The lowest BCUT2D eigenvalue weighted by Crippen LogP contribution is -2.27. The van der Waals surface area contributed by atoms with Crippen LogP contribution >= 0.6 is 11.3 Å². The molecule has 0 radical (unpaired) electrons. The van der Waals surface area contributed by atoms with Crippen LogP contribution in [0.3, 0.4) is 0 Å². The quantitative estimate of drug-likeness (QED) is 0.234. The smallest absolute Gasteiger partial charge is 0.229 e. The average molecular weight is 537 g/mol. The third-order valence-electron chi connectivity index (χ3n) is 6.21. The van der Waals surface area contributed by atoms with Crippen LogP contribution in [0.15, 0.2) is 55.0 Å². The van der Waals surface area contributed by atoms with Crippen LogP contribution < -0.4 is 5.32 Å².